The van der Waals surface area contributed by atoms with E-state index >= 15 is 0 Å². The average molecular weight is 202 g/mol. The molecule has 7 nitrogen and oxygen atoms in total. The summed E-state index contributed by atoms with van der Waals surface area (Å²) in [6.07, 6.45) is -0.445. The second kappa shape index (κ2) is 5.84. The van der Waals surface area contributed by atoms with Crippen LogP contribution >= 0.6 is 0 Å². The fourth-order valence-corrected chi connectivity index (χ4v) is 0.756. The molecule has 14 heavy (non-hydrogen) atoms. The Labute approximate surface area is 80.9 Å². The Balaban J connectivity index is 4.09. The minimum Gasteiger partial charge on any atom is -0.481 e. The van der Waals surface area contributed by atoms with Crippen LogP contribution in [0.5, 0.6) is 0 Å². The zero-order valence-electron chi connectivity index (χ0n) is 7.61. The molecule has 0 aliphatic heterocycles. The first-order chi connectivity index (χ1) is 6.47. The van der Waals surface area contributed by atoms with Gasteiger partial charge < -0.3 is 20.8 Å². The number of rotatable bonds is 5. The molecule has 0 aromatic carbocycles. The first-order valence-electron chi connectivity index (χ1n) is 3.90. The maximum Gasteiger partial charge on any atom is 0.326 e. The topological polar surface area (TPSA) is 116 Å². The van der Waals surface area contributed by atoms with Crippen molar-refractivity contribution in [1.82, 2.24) is 10.5 Å². The molecular weight excluding hydrogens is 191 g/mol. The molecule has 78 valence electrons. The molecule has 0 aromatic heterocycles. The van der Waals surface area contributed by atoms with Gasteiger partial charge in [0.15, 0.2) is 0 Å². The maximum atomic E-state index is 10.7. The number of hydrogen-bond donors (Lipinski definition) is 4. The summed E-state index contributed by atoms with van der Waals surface area (Å²) in [6, 6.07) is -1.83. The second-order valence-electron chi connectivity index (χ2n) is 2.55. The molecule has 0 fully saturated rings. The lowest BCUT2D eigenvalue weighted by molar-refractivity contribution is -0.140. The van der Waals surface area contributed by atoms with E-state index in [2.05, 4.69) is 10.5 Å². The summed E-state index contributed by atoms with van der Waals surface area (Å²) >= 11 is 0. The number of aliphatic carboxylic acids is 2. The summed E-state index contributed by atoms with van der Waals surface area (Å²) in [5.74, 6) is -2.36. The molecular formula is C6H11BN2O5. The van der Waals surface area contributed by atoms with E-state index in [0.29, 0.717) is 0 Å². The largest absolute Gasteiger partial charge is 0.481 e. The fraction of sp³-hybridized carbons (Fsp3) is 0.500. The van der Waals surface area contributed by atoms with Gasteiger partial charge in [-0.05, 0) is 6.42 Å². The molecule has 1 atom stereocenters. The van der Waals surface area contributed by atoms with Gasteiger partial charge in [0.1, 0.15) is 6.04 Å². The summed E-state index contributed by atoms with van der Waals surface area (Å²) in [4.78, 5) is 31.4. The molecule has 0 spiro atoms. The number of carbonyl (C=O) groups is 3. The molecule has 2 amide bonds. The van der Waals surface area contributed by atoms with Crippen LogP contribution in [0.15, 0.2) is 0 Å². The van der Waals surface area contributed by atoms with Crippen LogP contribution in [0.25, 0.3) is 0 Å². The SMILES string of the molecule is BNC(=O)N[C@@H](CCC(=O)O)C(=O)O. The highest BCUT2D eigenvalue weighted by Gasteiger charge is 2.19. The fourth-order valence-electron chi connectivity index (χ4n) is 0.756. The number of carboxylic acids is 2. The van der Waals surface area contributed by atoms with E-state index in [1.165, 1.54) is 7.98 Å². The van der Waals surface area contributed by atoms with Gasteiger partial charge in [-0.2, -0.15) is 0 Å². The van der Waals surface area contributed by atoms with Crippen LogP contribution in [0.3, 0.4) is 0 Å². The number of nitrogens with one attached hydrogen (secondary N) is 2. The van der Waals surface area contributed by atoms with Gasteiger partial charge in [0.2, 0.25) is 7.98 Å². The minimum atomic E-state index is -1.25. The Morgan fingerprint density at radius 1 is 1.29 bits per heavy atom. The van der Waals surface area contributed by atoms with Gasteiger partial charge in [0, 0.05) is 6.42 Å². The van der Waals surface area contributed by atoms with Crippen LogP contribution < -0.4 is 10.5 Å². The van der Waals surface area contributed by atoms with Gasteiger partial charge in [-0.3, -0.25) is 9.59 Å². The van der Waals surface area contributed by atoms with Gasteiger partial charge in [-0.25, -0.2) is 4.79 Å². The first kappa shape index (κ1) is 12.3. The Morgan fingerprint density at radius 2 is 1.86 bits per heavy atom. The minimum absolute atomic E-state index is 0.141. The summed E-state index contributed by atoms with van der Waals surface area (Å²) in [7, 11) is 1.34. The van der Waals surface area contributed by atoms with E-state index in [-0.39, 0.29) is 12.8 Å². The normalized spacial score (nSPS) is 11.4. The van der Waals surface area contributed by atoms with Crippen molar-refractivity contribution in [3.05, 3.63) is 0 Å². The van der Waals surface area contributed by atoms with Gasteiger partial charge >= 0.3 is 18.0 Å². The van der Waals surface area contributed by atoms with E-state index < -0.39 is 24.0 Å². The van der Waals surface area contributed by atoms with E-state index in [1.54, 1.807) is 0 Å². The lowest BCUT2D eigenvalue weighted by Gasteiger charge is -2.12. The Kier molecular flexibility index (Phi) is 5.12. The van der Waals surface area contributed by atoms with E-state index in [4.69, 9.17) is 10.2 Å². The molecule has 0 radical (unpaired) electrons. The zero-order chi connectivity index (χ0) is 11.1. The number of carboxylic acid groups (broad SMARTS) is 2. The number of hydrogen-bond acceptors (Lipinski definition) is 3. The maximum absolute atomic E-state index is 10.7. The number of carbonyl (C=O) groups excluding carboxylic acids is 1. The molecule has 0 aliphatic carbocycles. The van der Waals surface area contributed by atoms with Gasteiger partial charge in [-0.1, -0.05) is 0 Å². The molecule has 0 saturated carbocycles. The predicted molar refractivity (Wildman–Crippen MR) is 48.5 cm³/mol. The molecule has 0 rings (SSSR count). The molecule has 0 bridgehead atoms. The average Bonchev–Trinajstić information content (AvgIpc) is 2.10. The summed E-state index contributed by atoms with van der Waals surface area (Å²) in [5, 5.41) is 21.2. The van der Waals surface area contributed by atoms with Crippen LogP contribution in [0, 0.1) is 0 Å². The van der Waals surface area contributed by atoms with E-state index in [9.17, 15) is 14.4 Å². The van der Waals surface area contributed by atoms with Crippen molar-refractivity contribution in [1.29, 1.82) is 0 Å². The van der Waals surface area contributed by atoms with E-state index in [1.807, 2.05) is 0 Å². The van der Waals surface area contributed by atoms with Gasteiger partial charge in [0.05, 0.1) is 0 Å². The molecule has 0 unspecified atom stereocenters. The number of urea groups is 1. The molecule has 0 aliphatic rings. The number of amides is 2. The first-order valence-corrected chi connectivity index (χ1v) is 3.90. The quantitative estimate of drug-likeness (QED) is 0.390. The van der Waals surface area contributed by atoms with Crippen molar-refractivity contribution in [3.8, 4) is 0 Å². The Bertz CT molecular complexity index is 244. The third-order valence-electron chi connectivity index (χ3n) is 1.48. The molecule has 4 N–H and O–H groups in total. The van der Waals surface area contributed by atoms with Gasteiger partial charge in [-0.15, -0.1) is 0 Å². The lowest BCUT2D eigenvalue weighted by atomic mass is 10.1. The monoisotopic (exact) mass is 202 g/mol. The highest BCUT2D eigenvalue weighted by atomic mass is 16.4. The third-order valence-corrected chi connectivity index (χ3v) is 1.48. The van der Waals surface area contributed by atoms with Crippen molar-refractivity contribution in [2.45, 2.75) is 18.9 Å². The highest BCUT2D eigenvalue weighted by molar-refractivity contribution is 6.14. The molecule has 0 heterocycles. The highest BCUT2D eigenvalue weighted by Crippen LogP contribution is 1.97. The van der Waals surface area contributed by atoms with Crippen LogP contribution in [-0.2, 0) is 9.59 Å². The third kappa shape index (κ3) is 5.02. The standard InChI is InChI=1S/C6H11BN2O5/c7-9-6(14)8-3(5(12)13)1-2-4(10)11/h3H,1-2,7H2,(H,10,11)(H,12,13)(H2,8,9,14)/t3-/m0/s1. The second-order valence-corrected chi connectivity index (χ2v) is 2.55. The smallest absolute Gasteiger partial charge is 0.326 e. The van der Waals surface area contributed by atoms with Crippen molar-refractivity contribution in [2.24, 2.45) is 0 Å². The van der Waals surface area contributed by atoms with Crippen molar-refractivity contribution < 1.29 is 24.6 Å². The molecule has 0 saturated heterocycles. The van der Waals surface area contributed by atoms with Crippen molar-refractivity contribution in [3.63, 3.8) is 0 Å². The predicted octanol–water partition coefficient (Wildman–Crippen LogP) is -1.85. The van der Waals surface area contributed by atoms with Crippen LogP contribution in [-0.4, -0.2) is 42.2 Å². The van der Waals surface area contributed by atoms with E-state index in [0.717, 1.165) is 0 Å². The van der Waals surface area contributed by atoms with Crippen molar-refractivity contribution >= 4 is 26.0 Å². The summed E-state index contributed by atoms with van der Waals surface area (Å²) in [5.41, 5.74) is 0. The van der Waals surface area contributed by atoms with Crippen LogP contribution in [0.2, 0.25) is 0 Å². The molecule has 0 aromatic rings. The van der Waals surface area contributed by atoms with Crippen molar-refractivity contribution in [2.75, 3.05) is 0 Å². The van der Waals surface area contributed by atoms with Crippen LogP contribution in [0.4, 0.5) is 4.79 Å². The molecule has 8 heteroatoms. The Morgan fingerprint density at radius 3 is 2.21 bits per heavy atom. The van der Waals surface area contributed by atoms with Crippen LogP contribution in [0.1, 0.15) is 12.8 Å². The Hall–Kier alpha value is -1.73. The zero-order valence-corrected chi connectivity index (χ0v) is 7.61. The lowest BCUT2D eigenvalue weighted by Crippen LogP contribution is -2.45. The van der Waals surface area contributed by atoms with Gasteiger partial charge in [0.25, 0.3) is 0 Å². The summed E-state index contributed by atoms with van der Waals surface area (Å²) < 4.78 is 0. The summed E-state index contributed by atoms with van der Waals surface area (Å²) in [6.45, 7) is 0.